The first kappa shape index (κ1) is 5.85. The number of hydrogen-bond acceptors (Lipinski definition) is 5. The summed E-state index contributed by atoms with van der Waals surface area (Å²) < 4.78 is 0. The van der Waals surface area contributed by atoms with E-state index in [0.717, 1.165) is 0 Å². The molecule has 1 rings (SSSR count). The van der Waals surface area contributed by atoms with Gasteiger partial charge in [-0.15, -0.1) is 0 Å². The lowest BCUT2D eigenvalue weighted by Gasteiger charge is -2.11. The van der Waals surface area contributed by atoms with Crippen LogP contribution in [0.25, 0.3) is 0 Å². The van der Waals surface area contributed by atoms with Gasteiger partial charge >= 0.3 is 0 Å². The van der Waals surface area contributed by atoms with E-state index >= 15 is 0 Å². The molecule has 0 aromatic carbocycles. The lowest BCUT2D eigenvalue weighted by molar-refractivity contribution is 0.0798. The lowest BCUT2D eigenvalue weighted by Crippen LogP contribution is -2.38. The molecule has 1 heterocycles. The van der Waals surface area contributed by atoms with Gasteiger partial charge in [-0.3, -0.25) is 10.2 Å². The molecule has 0 bridgehead atoms. The van der Waals surface area contributed by atoms with Crippen LogP contribution in [0.2, 0.25) is 0 Å². The van der Waals surface area contributed by atoms with Crippen molar-refractivity contribution in [2.24, 2.45) is 4.99 Å². The van der Waals surface area contributed by atoms with Crippen LogP contribution in [0.3, 0.4) is 0 Å². The first-order chi connectivity index (χ1) is 4.43. The minimum absolute atomic E-state index is 0.378. The fourth-order valence-corrected chi connectivity index (χ4v) is 0.473. The molecule has 0 saturated carbocycles. The molecule has 0 aromatic heterocycles. The van der Waals surface area contributed by atoms with Crippen LogP contribution in [0.4, 0.5) is 0 Å². The Morgan fingerprint density at radius 2 is 2.78 bits per heavy atom. The van der Waals surface area contributed by atoms with Crippen LogP contribution in [0.15, 0.2) is 4.99 Å². The Kier molecular flexibility index (Phi) is 1.88. The molecule has 0 spiro atoms. The van der Waals surface area contributed by atoms with E-state index in [1.54, 1.807) is 6.19 Å². The molecular formula is C4H6N4O. The highest BCUT2D eigenvalue weighted by molar-refractivity contribution is 5.80. The zero-order valence-corrected chi connectivity index (χ0v) is 4.72. The van der Waals surface area contributed by atoms with Crippen molar-refractivity contribution in [3.63, 3.8) is 0 Å². The number of aliphatic imine (C=N–C) groups is 1. The summed E-state index contributed by atoms with van der Waals surface area (Å²) in [6, 6.07) is 0. The third-order valence-electron chi connectivity index (χ3n) is 0.806. The van der Waals surface area contributed by atoms with Crippen LogP contribution >= 0.6 is 0 Å². The highest BCUT2D eigenvalue weighted by Gasteiger charge is 2.00. The molecule has 0 amide bonds. The number of guanidine groups is 1. The molecule has 0 saturated heterocycles. The van der Waals surface area contributed by atoms with Gasteiger partial charge < -0.3 is 0 Å². The van der Waals surface area contributed by atoms with Gasteiger partial charge in [0.05, 0.1) is 13.2 Å². The third-order valence-corrected chi connectivity index (χ3v) is 0.806. The van der Waals surface area contributed by atoms with Gasteiger partial charge in [-0.1, -0.05) is 0 Å². The minimum atomic E-state index is 0.378. The van der Waals surface area contributed by atoms with E-state index in [4.69, 9.17) is 10.1 Å². The predicted molar refractivity (Wildman–Crippen MR) is 30.1 cm³/mol. The van der Waals surface area contributed by atoms with E-state index in [-0.39, 0.29) is 0 Å². The summed E-state index contributed by atoms with van der Waals surface area (Å²) in [6.07, 6.45) is 1.71. The van der Waals surface area contributed by atoms with E-state index in [1.165, 1.54) is 0 Å². The lowest BCUT2D eigenvalue weighted by atomic mass is 10.7. The van der Waals surface area contributed by atoms with Gasteiger partial charge in [0.15, 0.2) is 6.19 Å². The first-order valence-electron chi connectivity index (χ1n) is 2.51. The van der Waals surface area contributed by atoms with Crippen molar-refractivity contribution in [1.29, 1.82) is 5.26 Å². The first-order valence-corrected chi connectivity index (χ1v) is 2.51. The van der Waals surface area contributed by atoms with Crippen LogP contribution in [0.1, 0.15) is 0 Å². The monoisotopic (exact) mass is 126 g/mol. The largest absolute Gasteiger partial charge is 0.272 e. The second-order valence-electron chi connectivity index (χ2n) is 1.42. The number of hydroxylamine groups is 1. The summed E-state index contributed by atoms with van der Waals surface area (Å²) in [5, 5.41) is 10.4. The van der Waals surface area contributed by atoms with Crippen molar-refractivity contribution in [3.05, 3.63) is 0 Å². The molecular weight excluding hydrogens is 120 g/mol. The maximum absolute atomic E-state index is 8.08. The van der Waals surface area contributed by atoms with Crippen molar-refractivity contribution in [3.8, 4) is 6.19 Å². The van der Waals surface area contributed by atoms with Crippen molar-refractivity contribution in [2.45, 2.75) is 0 Å². The molecule has 0 aromatic rings. The molecule has 0 unspecified atom stereocenters. The van der Waals surface area contributed by atoms with Crippen molar-refractivity contribution in [2.75, 3.05) is 13.2 Å². The number of nitriles is 1. The Labute approximate surface area is 52.3 Å². The second kappa shape index (κ2) is 2.89. The quantitative estimate of drug-likeness (QED) is 0.321. The van der Waals surface area contributed by atoms with Crippen LogP contribution in [-0.2, 0) is 4.84 Å². The van der Waals surface area contributed by atoms with Gasteiger partial charge in [-0.05, 0) is 0 Å². The van der Waals surface area contributed by atoms with Gasteiger partial charge in [0.1, 0.15) is 0 Å². The zero-order chi connectivity index (χ0) is 6.53. The maximum atomic E-state index is 8.08. The third kappa shape index (κ3) is 1.58. The molecule has 1 aliphatic heterocycles. The number of hydrogen-bond donors (Lipinski definition) is 2. The molecule has 0 atom stereocenters. The fourth-order valence-electron chi connectivity index (χ4n) is 0.473. The summed E-state index contributed by atoms with van der Waals surface area (Å²) in [6.45, 7) is 1.15. The van der Waals surface area contributed by atoms with Gasteiger partial charge in [0, 0.05) is 0 Å². The van der Waals surface area contributed by atoms with Crippen molar-refractivity contribution in [1.82, 2.24) is 10.8 Å². The zero-order valence-electron chi connectivity index (χ0n) is 4.72. The van der Waals surface area contributed by atoms with Gasteiger partial charge in [-0.2, -0.15) is 5.26 Å². The van der Waals surface area contributed by atoms with Crippen LogP contribution in [0, 0.1) is 11.5 Å². The van der Waals surface area contributed by atoms with E-state index < -0.39 is 0 Å². The van der Waals surface area contributed by atoms with Crippen LogP contribution in [-0.4, -0.2) is 19.1 Å². The van der Waals surface area contributed by atoms with Crippen molar-refractivity contribution >= 4 is 5.96 Å². The van der Waals surface area contributed by atoms with E-state index in [0.29, 0.717) is 19.1 Å². The maximum Gasteiger partial charge on any atom is 0.229 e. The molecule has 0 aliphatic carbocycles. The summed E-state index contributed by atoms with van der Waals surface area (Å²) in [7, 11) is 0. The Balaban J connectivity index is 2.39. The number of rotatable bonds is 0. The topological polar surface area (TPSA) is 69.4 Å². The van der Waals surface area contributed by atoms with Gasteiger partial charge in [0.25, 0.3) is 0 Å². The Morgan fingerprint density at radius 1 is 1.89 bits per heavy atom. The Bertz CT molecular complexity index is 158. The summed E-state index contributed by atoms with van der Waals surface area (Å²) >= 11 is 0. The Hall–Kier alpha value is -1.28. The molecule has 0 fully saturated rings. The van der Waals surface area contributed by atoms with E-state index in [2.05, 4.69) is 15.8 Å². The molecule has 0 radical (unpaired) electrons. The van der Waals surface area contributed by atoms with Gasteiger partial charge in [-0.25, -0.2) is 10.5 Å². The fraction of sp³-hybridized carbons (Fsp3) is 0.500. The normalized spacial score (nSPS) is 17.0. The standard InChI is InChI=1S/C4H6N4O/c5-3-7-4-6-1-2-9-8-4/h1-2H2,(H2,6,7,8). The van der Waals surface area contributed by atoms with Crippen LogP contribution < -0.4 is 10.8 Å². The summed E-state index contributed by atoms with van der Waals surface area (Å²) in [4.78, 5) is 8.61. The summed E-state index contributed by atoms with van der Waals surface area (Å²) in [5.41, 5.74) is 2.44. The smallest absolute Gasteiger partial charge is 0.229 e. The number of nitrogens with zero attached hydrogens (tertiary/aromatic N) is 2. The molecule has 1 aliphatic rings. The SMILES string of the molecule is N#CNC1=NCCON1. The number of nitrogens with one attached hydrogen (secondary N) is 2. The highest BCUT2D eigenvalue weighted by Crippen LogP contribution is 1.80. The van der Waals surface area contributed by atoms with E-state index in [9.17, 15) is 0 Å². The molecule has 5 heteroatoms. The average molecular weight is 126 g/mol. The molecule has 48 valence electrons. The summed E-state index contributed by atoms with van der Waals surface area (Å²) in [5.74, 6) is 0.378. The molecule has 9 heavy (non-hydrogen) atoms. The minimum Gasteiger partial charge on any atom is -0.272 e. The average Bonchev–Trinajstić information content (AvgIpc) is 1.91. The highest BCUT2D eigenvalue weighted by atomic mass is 16.6. The van der Waals surface area contributed by atoms with Crippen molar-refractivity contribution < 1.29 is 4.84 Å². The van der Waals surface area contributed by atoms with Gasteiger partial charge in [0.2, 0.25) is 5.96 Å². The van der Waals surface area contributed by atoms with E-state index in [1.807, 2.05) is 0 Å². The van der Waals surface area contributed by atoms with Crippen LogP contribution in [0.5, 0.6) is 0 Å². The molecule has 5 nitrogen and oxygen atoms in total. The second-order valence-corrected chi connectivity index (χ2v) is 1.42. The predicted octanol–water partition coefficient (Wildman–Crippen LogP) is -1.05. The molecule has 2 N–H and O–H groups in total. The Morgan fingerprint density at radius 3 is 3.33 bits per heavy atom.